The lowest BCUT2D eigenvalue weighted by Gasteiger charge is -2.08. The Kier molecular flexibility index (Phi) is 7.05. The monoisotopic (exact) mass is 344 g/mol. The summed E-state index contributed by atoms with van der Waals surface area (Å²) in [6.07, 6.45) is 1.51. The summed E-state index contributed by atoms with van der Waals surface area (Å²) in [5.74, 6) is -0.155. The lowest BCUT2D eigenvalue weighted by Crippen LogP contribution is -2.44. The molecule has 25 heavy (non-hydrogen) atoms. The van der Waals surface area contributed by atoms with E-state index >= 15 is 0 Å². The molecule has 0 bridgehead atoms. The summed E-state index contributed by atoms with van der Waals surface area (Å²) in [6, 6.07) is 12.4. The van der Waals surface area contributed by atoms with Crippen LogP contribution in [0.4, 0.5) is 4.79 Å². The van der Waals surface area contributed by atoms with Crippen LogP contribution < -0.4 is 21.3 Å². The number of hydrogen-bond donors (Lipinski definition) is 4. The van der Waals surface area contributed by atoms with Crippen LogP contribution in [0.5, 0.6) is 0 Å². The zero-order chi connectivity index (χ0) is 17.9. The number of carbonyl (C=O) groups is 3. The molecule has 1 heterocycles. The predicted molar refractivity (Wildman–Crippen MR) is 90.2 cm³/mol. The van der Waals surface area contributed by atoms with Gasteiger partial charge in [-0.2, -0.15) is 0 Å². The normalized spacial score (nSPS) is 9.92. The highest BCUT2D eigenvalue weighted by Gasteiger charge is 2.08. The summed E-state index contributed by atoms with van der Waals surface area (Å²) in [5.41, 5.74) is 0.970. The lowest BCUT2D eigenvalue weighted by molar-refractivity contribution is -0.125. The van der Waals surface area contributed by atoms with Crippen LogP contribution in [-0.2, 0) is 22.7 Å². The number of amides is 4. The Balaban J connectivity index is 1.55. The second kappa shape index (κ2) is 9.76. The number of urea groups is 1. The maximum Gasteiger partial charge on any atom is 0.315 e. The Labute approximate surface area is 145 Å². The topological polar surface area (TPSA) is 112 Å². The van der Waals surface area contributed by atoms with Crippen molar-refractivity contribution < 1.29 is 18.8 Å². The van der Waals surface area contributed by atoms with Crippen molar-refractivity contribution in [2.75, 3.05) is 13.1 Å². The van der Waals surface area contributed by atoms with Crippen LogP contribution in [0.15, 0.2) is 53.1 Å². The highest BCUT2D eigenvalue weighted by atomic mass is 16.3. The zero-order valence-corrected chi connectivity index (χ0v) is 13.6. The van der Waals surface area contributed by atoms with Crippen molar-refractivity contribution in [2.24, 2.45) is 0 Å². The summed E-state index contributed by atoms with van der Waals surface area (Å²) >= 11 is 0. The minimum atomic E-state index is -0.500. The minimum absolute atomic E-state index is 0.151. The van der Waals surface area contributed by atoms with E-state index in [9.17, 15) is 14.4 Å². The van der Waals surface area contributed by atoms with Gasteiger partial charge in [0.15, 0.2) is 0 Å². The standard InChI is InChI=1S/C17H20N4O4/c22-15(18-9-13-5-2-1-3-6-13)11-19-16(23)12-21-17(24)20-10-14-7-4-8-25-14/h1-8H,9-12H2,(H,18,22)(H,19,23)(H2,20,21,24). The van der Waals surface area contributed by atoms with Crippen LogP contribution in [0.2, 0.25) is 0 Å². The Morgan fingerprint density at radius 3 is 2.20 bits per heavy atom. The molecule has 0 spiro atoms. The van der Waals surface area contributed by atoms with Gasteiger partial charge in [-0.3, -0.25) is 9.59 Å². The largest absolute Gasteiger partial charge is 0.467 e. The van der Waals surface area contributed by atoms with Gasteiger partial charge in [-0.05, 0) is 17.7 Å². The van der Waals surface area contributed by atoms with E-state index in [1.165, 1.54) is 6.26 Å². The van der Waals surface area contributed by atoms with Crippen LogP contribution in [0.1, 0.15) is 11.3 Å². The molecular weight excluding hydrogens is 324 g/mol. The summed E-state index contributed by atoms with van der Waals surface area (Å²) < 4.78 is 5.06. The van der Waals surface area contributed by atoms with Crippen LogP contribution >= 0.6 is 0 Å². The van der Waals surface area contributed by atoms with E-state index in [2.05, 4.69) is 21.3 Å². The van der Waals surface area contributed by atoms with Gasteiger partial charge in [-0.25, -0.2) is 4.79 Å². The van der Waals surface area contributed by atoms with Crippen LogP contribution in [0, 0.1) is 0 Å². The van der Waals surface area contributed by atoms with Gasteiger partial charge in [0.05, 0.1) is 25.9 Å². The van der Waals surface area contributed by atoms with Gasteiger partial charge >= 0.3 is 6.03 Å². The fourth-order valence-corrected chi connectivity index (χ4v) is 1.90. The van der Waals surface area contributed by atoms with E-state index in [0.717, 1.165) is 5.56 Å². The zero-order valence-electron chi connectivity index (χ0n) is 13.6. The summed E-state index contributed by atoms with van der Waals surface area (Å²) in [6.45, 7) is 0.239. The van der Waals surface area contributed by atoms with E-state index in [1.807, 2.05) is 30.3 Å². The molecule has 0 saturated heterocycles. The molecule has 0 aliphatic heterocycles. The Hall–Kier alpha value is -3.29. The second-order valence-electron chi connectivity index (χ2n) is 5.15. The van der Waals surface area contributed by atoms with Crippen molar-refractivity contribution in [1.29, 1.82) is 0 Å². The van der Waals surface area contributed by atoms with E-state index in [-0.39, 0.29) is 25.5 Å². The van der Waals surface area contributed by atoms with Gasteiger partial charge in [0.25, 0.3) is 0 Å². The first-order chi connectivity index (χ1) is 12.1. The quantitative estimate of drug-likeness (QED) is 0.559. The third-order valence-electron chi connectivity index (χ3n) is 3.19. The Morgan fingerprint density at radius 1 is 0.760 bits per heavy atom. The Morgan fingerprint density at radius 2 is 1.48 bits per heavy atom. The first-order valence-electron chi connectivity index (χ1n) is 7.75. The molecule has 1 aromatic heterocycles. The van der Waals surface area contributed by atoms with Crippen molar-refractivity contribution in [3.8, 4) is 0 Å². The van der Waals surface area contributed by atoms with E-state index in [0.29, 0.717) is 12.3 Å². The average Bonchev–Trinajstić information content (AvgIpc) is 3.15. The average molecular weight is 344 g/mol. The maximum absolute atomic E-state index is 11.7. The smallest absolute Gasteiger partial charge is 0.315 e. The number of benzene rings is 1. The summed E-state index contributed by atoms with van der Waals surface area (Å²) in [5, 5.41) is 10.1. The summed E-state index contributed by atoms with van der Waals surface area (Å²) in [4.78, 5) is 34.8. The third-order valence-corrected chi connectivity index (χ3v) is 3.19. The van der Waals surface area contributed by atoms with Crippen molar-refractivity contribution in [3.63, 3.8) is 0 Å². The highest BCUT2D eigenvalue weighted by molar-refractivity contribution is 5.87. The fraction of sp³-hybridized carbons (Fsp3) is 0.235. The molecular formula is C17H20N4O4. The fourth-order valence-electron chi connectivity index (χ4n) is 1.90. The molecule has 0 atom stereocenters. The molecule has 0 saturated carbocycles. The van der Waals surface area contributed by atoms with Gasteiger partial charge in [-0.1, -0.05) is 30.3 Å². The van der Waals surface area contributed by atoms with Gasteiger partial charge in [0, 0.05) is 6.54 Å². The van der Waals surface area contributed by atoms with Crippen molar-refractivity contribution >= 4 is 17.8 Å². The molecule has 0 aliphatic carbocycles. The number of carbonyl (C=O) groups excluding carboxylic acids is 3. The first kappa shape index (κ1) is 18.1. The number of furan rings is 1. The third kappa shape index (κ3) is 7.21. The SMILES string of the molecule is O=C(CNC(=O)CNC(=O)NCc1ccco1)NCc1ccccc1. The van der Waals surface area contributed by atoms with Crippen molar-refractivity contribution in [3.05, 3.63) is 60.1 Å². The molecule has 0 radical (unpaired) electrons. The molecule has 132 valence electrons. The van der Waals surface area contributed by atoms with Crippen LogP contribution in [0.25, 0.3) is 0 Å². The van der Waals surface area contributed by atoms with Crippen molar-refractivity contribution in [2.45, 2.75) is 13.1 Å². The Bertz CT molecular complexity index is 686. The van der Waals surface area contributed by atoms with Gasteiger partial charge < -0.3 is 25.7 Å². The molecule has 4 amide bonds. The van der Waals surface area contributed by atoms with Gasteiger partial charge in [0.1, 0.15) is 5.76 Å². The maximum atomic E-state index is 11.7. The molecule has 0 unspecified atom stereocenters. The van der Waals surface area contributed by atoms with E-state index in [4.69, 9.17) is 4.42 Å². The van der Waals surface area contributed by atoms with Crippen molar-refractivity contribution in [1.82, 2.24) is 21.3 Å². The summed E-state index contributed by atoms with van der Waals surface area (Å²) in [7, 11) is 0. The highest BCUT2D eigenvalue weighted by Crippen LogP contribution is 1.98. The number of rotatable bonds is 8. The lowest BCUT2D eigenvalue weighted by atomic mass is 10.2. The minimum Gasteiger partial charge on any atom is -0.467 e. The second-order valence-corrected chi connectivity index (χ2v) is 5.15. The molecule has 2 rings (SSSR count). The van der Waals surface area contributed by atoms with Gasteiger partial charge in [0.2, 0.25) is 11.8 Å². The van der Waals surface area contributed by atoms with Crippen LogP contribution in [-0.4, -0.2) is 30.9 Å². The molecule has 2 aromatic rings. The molecule has 4 N–H and O–H groups in total. The molecule has 1 aromatic carbocycles. The number of nitrogens with one attached hydrogen (secondary N) is 4. The van der Waals surface area contributed by atoms with Crippen LogP contribution in [0.3, 0.4) is 0 Å². The molecule has 0 aliphatic rings. The molecule has 8 nitrogen and oxygen atoms in total. The first-order valence-corrected chi connectivity index (χ1v) is 7.75. The molecule has 0 fully saturated rings. The predicted octanol–water partition coefficient (Wildman–Crippen LogP) is 0.511. The number of hydrogen-bond acceptors (Lipinski definition) is 4. The van der Waals surface area contributed by atoms with Gasteiger partial charge in [-0.15, -0.1) is 0 Å². The van der Waals surface area contributed by atoms with E-state index in [1.54, 1.807) is 12.1 Å². The van der Waals surface area contributed by atoms with E-state index < -0.39 is 11.9 Å². The molecule has 8 heteroatoms.